The second-order valence-corrected chi connectivity index (χ2v) is 7.99. The topological polar surface area (TPSA) is 36.9 Å². The number of methoxy groups -OCH3 is 1. The zero-order valence-electron chi connectivity index (χ0n) is 17.1. The maximum Gasteiger partial charge on any atom is 0.133 e. The fourth-order valence-corrected chi connectivity index (χ4v) is 3.80. The van der Waals surface area contributed by atoms with Crippen molar-refractivity contribution in [1.29, 1.82) is 0 Å². The lowest BCUT2D eigenvalue weighted by atomic mass is 9.91. The third kappa shape index (κ3) is 3.56. The number of hydrogen-bond donors (Lipinski definition) is 0. The SMILES string of the molecule is CCCOc1ccc(C2=Cc3ccc4c(c3OC2)CCC(C)(C)O4)c(OC)c1. The van der Waals surface area contributed by atoms with E-state index in [0.29, 0.717) is 13.2 Å². The van der Waals surface area contributed by atoms with Gasteiger partial charge in [0.2, 0.25) is 0 Å². The van der Waals surface area contributed by atoms with Gasteiger partial charge in [-0.3, -0.25) is 0 Å². The van der Waals surface area contributed by atoms with Crippen LogP contribution in [0, 0.1) is 0 Å². The van der Waals surface area contributed by atoms with Gasteiger partial charge in [-0.1, -0.05) is 6.92 Å². The zero-order chi connectivity index (χ0) is 19.7. The number of rotatable bonds is 5. The van der Waals surface area contributed by atoms with Gasteiger partial charge in [0.25, 0.3) is 0 Å². The first-order valence-electron chi connectivity index (χ1n) is 10.0. The van der Waals surface area contributed by atoms with E-state index < -0.39 is 0 Å². The highest BCUT2D eigenvalue weighted by Crippen LogP contribution is 2.44. The summed E-state index contributed by atoms with van der Waals surface area (Å²) in [5, 5.41) is 0. The van der Waals surface area contributed by atoms with Gasteiger partial charge in [0, 0.05) is 28.3 Å². The molecule has 0 unspecified atom stereocenters. The van der Waals surface area contributed by atoms with Crippen LogP contribution < -0.4 is 18.9 Å². The minimum Gasteiger partial charge on any atom is -0.496 e. The summed E-state index contributed by atoms with van der Waals surface area (Å²) in [5.74, 6) is 3.53. The number of fused-ring (bicyclic) bond motifs is 3. The van der Waals surface area contributed by atoms with E-state index >= 15 is 0 Å². The van der Waals surface area contributed by atoms with E-state index in [4.69, 9.17) is 18.9 Å². The maximum atomic E-state index is 6.22. The summed E-state index contributed by atoms with van der Waals surface area (Å²) in [4.78, 5) is 0. The van der Waals surface area contributed by atoms with Crippen molar-refractivity contribution in [3.05, 3.63) is 47.0 Å². The molecule has 2 aromatic rings. The molecule has 2 aliphatic heterocycles. The molecule has 28 heavy (non-hydrogen) atoms. The van der Waals surface area contributed by atoms with E-state index in [1.165, 1.54) is 5.56 Å². The first-order chi connectivity index (χ1) is 13.5. The van der Waals surface area contributed by atoms with Crippen LogP contribution in [0.25, 0.3) is 11.6 Å². The Bertz CT molecular complexity index is 911. The Labute approximate surface area is 167 Å². The van der Waals surface area contributed by atoms with Crippen molar-refractivity contribution in [2.45, 2.75) is 45.6 Å². The quantitative estimate of drug-likeness (QED) is 0.684. The molecule has 0 bridgehead atoms. The lowest BCUT2D eigenvalue weighted by molar-refractivity contribution is 0.0834. The molecular formula is C24H28O4. The number of benzene rings is 2. The van der Waals surface area contributed by atoms with E-state index in [1.54, 1.807) is 7.11 Å². The third-order valence-electron chi connectivity index (χ3n) is 5.30. The van der Waals surface area contributed by atoms with Crippen LogP contribution in [-0.4, -0.2) is 25.9 Å². The predicted molar refractivity (Wildman–Crippen MR) is 112 cm³/mol. The standard InChI is InChI=1S/C24H28O4/c1-5-12-26-18-7-8-19(22(14-18)25-4)17-13-16-6-9-21-20(23(16)27-15-17)10-11-24(2,3)28-21/h6-9,13-14H,5,10-12,15H2,1-4H3. The smallest absolute Gasteiger partial charge is 0.133 e. The zero-order valence-corrected chi connectivity index (χ0v) is 17.1. The van der Waals surface area contributed by atoms with Crippen LogP contribution >= 0.6 is 0 Å². The average molecular weight is 380 g/mol. The van der Waals surface area contributed by atoms with Crippen molar-refractivity contribution in [3.63, 3.8) is 0 Å². The normalized spacial score (nSPS) is 16.8. The summed E-state index contributed by atoms with van der Waals surface area (Å²) < 4.78 is 23.7. The first kappa shape index (κ1) is 18.7. The number of ether oxygens (including phenoxy) is 4. The second kappa shape index (κ2) is 7.42. The van der Waals surface area contributed by atoms with Gasteiger partial charge in [0.1, 0.15) is 35.2 Å². The van der Waals surface area contributed by atoms with E-state index in [-0.39, 0.29) is 5.60 Å². The van der Waals surface area contributed by atoms with Crippen molar-refractivity contribution in [1.82, 2.24) is 0 Å². The van der Waals surface area contributed by atoms with Crippen LogP contribution in [0.15, 0.2) is 30.3 Å². The van der Waals surface area contributed by atoms with Gasteiger partial charge in [-0.2, -0.15) is 0 Å². The van der Waals surface area contributed by atoms with Crippen molar-refractivity contribution in [2.75, 3.05) is 20.3 Å². The van der Waals surface area contributed by atoms with Crippen LogP contribution in [0.4, 0.5) is 0 Å². The summed E-state index contributed by atoms with van der Waals surface area (Å²) in [6.45, 7) is 7.57. The Morgan fingerprint density at radius 1 is 1.14 bits per heavy atom. The van der Waals surface area contributed by atoms with Gasteiger partial charge in [-0.15, -0.1) is 0 Å². The summed E-state index contributed by atoms with van der Waals surface area (Å²) in [6.07, 6.45) is 5.14. The molecule has 4 nitrogen and oxygen atoms in total. The monoisotopic (exact) mass is 380 g/mol. The molecule has 0 N–H and O–H groups in total. The molecular weight excluding hydrogens is 352 g/mol. The lowest BCUT2D eigenvalue weighted by Gasteiger charge is -2.34. The molecule has 0 saturated carbocycles. The molecule has 0 fully saturated rings. The van der Waals surface area contributed by atoms with Gasteiger partial charge in [0.15, 0.2) is 0 Å². The minimum atomic E-state index is -0.119. The minimum absolute atomic E-state index is 0.119. The predicted octanol–water partition coefficient (Wildman–Crippen LogP) is 5.52. The van der Waals surface area contributed by atoms with Crippen LogP contribution in [-0.2, 0) is 6.42 Å². The molecule has 0 radical (unpaired) electrons. The summed E-state index contributed by atoms with van der Waals surface area (Å²) in [7, 11) is 1.69. The van der Waals surface area contributed by atoms with Crippen molar-refractivity contribution in [2.24, 2.45) is 0 Å². The van der Waals surface area contributed by atoms with E-state index in [1.807, 2.05) is 18.2 Å². The maximum absolute atomic E-state index is 6.22. The third-order valence-corrected chi connectivity index (χ3v) is 5.30. The van der Waals surface area contributed by atoms with Gasteiger partial charge in [-0.25, -0.2) is 0 Å². The second-order valence-electron chi connectivity index (χ2n) is 7.99. The van der Waals surface area contributed by atoms with Crippen molar-refractivity contribution < 1.29 is 18.9 Å². The average Bonchev–Trinajstić information content (AvgIpc) is 2.70. The molecule has 0 aliphatic carbocycles. The lowest BCUT2D eigenvalue weighted by Crippen LogP contribution is -2.33. The number of hydrogen-bond acceptors (Lipinski definition) is 4. The Morgan fingerprint density at radius 2 is 2.00 bits per heavy atom. The van der Waals surface area contributed by atoms with Gasteiger partial charge < -0.3 is 18.9 Å². The van der Waals surface area contributed by atoms with Crippen LogP contribution in [0.3, 0.4) is 0 Å². The Kier molecular flexibility index (Phi) is 4.96. The molecule has 0 saturated heterocycles. The van der Waals surface area contributed by atoms with Gasteiger partial charge in [0.05, 0.1) is 13.7 Å². The first-order valence-corrected chi connectivity index (χ1v) is 10.0. The largest absolute Gasteiger partial charge is 0.496 e. The molecule has 2 aromatic carbocycles. The van der Waals surface area contributed by atoms with Crippen LogP contribution in [0.1, 0.15) is 50.3 Å². The van der Waals surface area contributed by atoms with E-state index in [9.17, 15) is 0 Å². The molecule has 2 aliphatic rings. The van der Waals surface area contributed by atoms with E-state index in [2.05, 4.69) is 39.0 Å². The van der Waals surface area contributed by atoms with E-state index in [0.717, 1.165) is 59.0 Å². The fourth-order valence-electron chi connectivity index (χ4n) is 3.80. The molecule has 4 heteroatoms. The molecule has 148 valence electrons. The highest BCUT2D eigenvalue weighted by molar-refractivity contribution is 5.88. The van der Waals surface area contributed by atoms with Crippen molar-refractivity contribution in [3.8, 4) is 23.0 Å². The highest BCUT2D eigenvalue weighted by atomic mass is 16.5. The molecule has 0 amide bonds. The van der Waals surface area contributed by atoms with Crippen LogP contribution in [0.5, 0.6) is 23.0 Å². The summed E-state index contributed by atoms with van der Waals surface area (Å²) >= 11 is 0. The Balaban J connectivity index is 1.67. The molecule has 0 atom stereocenters. The van der Waals surface area contributed by atoms with Crippen molar-refractivity contribution >= 4 is 11.6 Å². The molecule has 2 heterocycles. The van der Waals surface area contributed by atoms with Gasteiger partial charge >= 0.3 is 0 Å². The van der Waals surface area contributed by atoms with Gasteiger partial charge in [-0.05, 0) is 63.5 Å². The highest BCUT2D eigenvalue weighted by Gasteiger charge is 2.30. The molecule has 0 aromatic heterocycles. The fraction of sp³-hybridized carbons (Fsp3) is 0.417. The summed E-state index contributed by atoms with van der Waals surface area (Å²) in [6, 6.07) is 10.1. The summed E-state index contributed by atoms with van der Waals surface area (Å²) in [5.41, 5.74) is 4.29. The van der Waals surface area contributed by atoms with Crippen LogP contribution in [0.2, 0.25) is 0 Å². The Morgan fingerprint density at radius 3 is 2.79 bits per heavy atom. The molecule has 0 spiro atoms. The Hall–Kier alpha value is -2.62. The molecule has 4 rings (SSSR count).